The zero-order chi connectivity index (χ0) is 44.6. The normalized spacial score (nSPS) is 34.0. The summed E-state index contributed by atoms with van der Waals surface area (Å²) < 4.78 is 30.9. The molecule has 2 aliphatic heterocycles. The molecule has 4 aromatic rings. The van der Waals surface area contributed by atoms with Crippen LogP contribution in [0, 0.1) is 11.8 Å². The molecule has 2 saturated heterocycles. The molecule has 12 unspecified atom stereocenters. The van der Waals surface area contributed by atoms with Gasteiger partial charge in [-0.3, -0.25) is 0 Å². The Morgan fingerprint density at radius 3 is 1.50 bits per heavy atom. The molecular formula is C50H58Cl2O12. The molecule has 12 nitrogen and oxygen atoms in total. The van der Waals surface area contributed by atoms with Crippen LogP contribution in [0.5, 0.6) is 11.5 Å². The van der Waals surface area contributed by atoms with Gasteiger partial charge in [0.25, 0.3) is 0 Å². The molecule has 9 rings (SSSR count). The summed E-state index contributed by atoms with van der Waals surface area (Å²) in [7, 11) is 0. The number of aliphatic hydroxyl groups excluding tert-OH is 7. The Morgan fingerprint density at radius 2 is 1.00 bits per heavy atom. The van der Waals surface area contributed by atoms with Crippen LogP contribution < -0.4 is 9.47 Å². The number of fused-ring (bicyclic) bond motifs is 1. The van der Waals surface area contributed by atoms with Crippen molar-refractivity contribution < 1.29 is 59.4 Å². The van der Waals surface area contributed by atoms with Gasteiger partial charge >= 0.3 is 0 Å². The van der Waals surface area contributed by atoms with Crippen molar-refractivity contribution in [2.45, 2.75) is 137 Å². The van der Waals surface area contributed by atoms with Gasteiger partial charge in [0.1, 0.15) is 72.5 Å². The smallest absolute Gasteiger partial charge is 0.119 e. The highest BCUT2D eigenvalue weighted by atomic mass is 35.5. The summed E-state index contributed by atoms with van der Waals surface area (Å²) in [5.74, 6) is 2.22. The molecule has 14 heteroatoms. The van der Waals surface area contributed by atoms with Crippen molar-refractivity contribution in [1.82, 2.24) is 0 Å². The molecule has 344 valence electrons. The van der Waals surface area contributed by atoms with Crippen molar-refractivity contribution in [3.8, 4) is 11.5 Å². The van der Waals surface area contributed by atoms with E-state index in [1.54, 1.807) is 30.3 Å². The van der Waals surface area contributed by atoms with Gasteiger partial charge in [0, 0.05) is 10.0 Å². The van der Waals surface area contributed by atoms with Gasteiger partial charge in [0.05, 0.1) is 31.5 Å². The molecular weight excluding hydrogens is 863 g/mol. The van der Waals surface area contributed by atoms with Gasteiger partial charge in [-0.25, -0.2) is 0 Å². The molecule has 3 aliphatic carbocycles. The van der Waals surface area contributed by atoms with Crippen molar-refractivity contribution in [3.63, 3.8) is 0 Å². The van der Waals surface area contributed by atoms with Gasteiger partial charge in [-0.2, -0.15) is 0 Å². The highest BCUT2D eigenvalue weighted by molar-refractivity contribution is 6.31. The van der Waals surface area contributed by atoms with Crippen LogP contribution in [0.3, 0.4) is 0 Å². The van der Waals surface area contributed by atoms with Gasteiger partial charge < -0.3 is 59.4 Å². The number of rotatable bonds is 14. The van der Waals surface area contributed by atoms with Crippen LogP contribution in [0.4, 0.5) is 0 Å². The maximum absolute atomic E-state index is 11.1. The maximum Gasteiger partial charge on any atom is 0.119 e. The van der Waals surface area contributed by atoms with E-state index >= 15 is 0 Å². The molecule has 2 heterocycles. The van der Waals surface area contributed by atoms with E-state index in [4.69, 9.17) is 46.9 Å². The first kappa shape index (κ1) is 45.8. The standard InChI is InChI=1S/C50H58Cl2O12/c51-38-16-10-28(48-46(58)44(56)42(54)40(24-53)63-48)20-30(38)19-27-8-14-34(15-9-27)62-35-22-36-37(23-35)50(36)60-25-41-43(55)45(57)47(59)49(64-41)29-11-17-39(52)31(21-29)18-26-6-12-33(13-7-26)61-32-4-2-1-3-5-32/h6-17,20-21,32,35-37,40-50,53-59H,1-5,18-19,22-25H2. The second kappa shape index (κ2) is 19.9. The van der Waals surface area contributed by atoms with Gasteiger partial charge in [0.2, 0.25) is 0 Å². The summed E-state index contributed by atoms with van der Waals surface area (Å²) >= 11 is 13.2. The van der Waals surface area contributed by atoms with Crippen LogP contribution in [0.1, 0.15) is 90.5 Å². The molecule has 0 spiro atoms. The zero-order valence-corrected chi connectivity index (χ0v) is 37.0. The second-order valence-electron chi connectivity index (χ2n) is 18.4. The van der Waals surface area contributed by atoms with E-state index in [9.17, 15) is 35.7 Å². The molecule has 0 aromatic heterocycles. The fourth-order valence-corrected chi connectivity index (χ4v) is 10.6. The first-order valence-corrected chi connectivity index (χ1v) is 23.4. The average Bonchev–Trinajstić information content (AvgIpc) is 3.76. The van der Waals surface area contributed by atoms with Gasteiger partial charge in [-0.05, 0) is 133 Å². The Bertz CT molecular complexity index is 2170. The molecule has 5 fully saturated rings. The third-order valence-electron chi connectivity index (χ3n) is 14.0. The summed E-state index contributed by atoms with van der Waals surface area (Å²) in [5.41, 5.74) is 4.90. The third-order valence-corrected chi connectivity index (χ3v) is 14.7. The topological polar surface area (TPSA) is 188 Å². The summed E-state index contributed by atoms with van der Waals surface area (Å²) in [6.07, 6.45) is -3.25. The lowest BCUT2D eigenvalue weighted by Crippen LogP contribution is -2.55. The molecule has 0 bridgehead atoms. The summed E-state index contributed by atoms with van der Waals surface area (Å²) in [4.78, 5) is 0. The van der Waals surface area contributed by atoms with Crippen LogP contribution in [-0.2, 0) is 27.1 Å². The monoisotopic (exact) mass is 920 g/mol. The predicted molar refractivity (Wildman–Crippen MR) is 238 cm³/mol. The lowest BCUT2D eigenvalue weighted by atomic mass is 9.90. The first-order valence-electron chi connectivity index (χ1n) is 22.6. The van der Waals surface area contributed by atoms with Crippen LogP contribution in [0.15, 0.2) is 84.9 Å². The van der Waals surface area contributed by atoms with E-state index < -0.39 is 67.6 Å². The number of halogens is 2. The molecule has 7 N–H and O–H groups in total. The van der Waals surface area contributed by atoms with Crippen molar-refractivity contribution in [2.75, 3.05) is 13.2 Å². The first-order chi connectivity index (χ1) is 30.9. The number of benzene rings is 4. The Balaban J connectivity index is 0.751. The number of hydrogen-bond acceptors (Lipinski definition) is 12. The van der Waals surface area contributed by atoms with Crippen molar-refractivity contribution in [2.24, 2.45) is 11.8 Å². The molecule has 0 radical (unpaired) electrons. The molecule has 12 atom stereocenters. The third kappa shape index (κ3) is 10.00. The average molecular weight is 922 g/mol. The van der Waals surface area contributed by atoms with E-state index in [0.29, 0.717) is 45.8 Å². The minimum Gasteiger partial charge on any atom is -0.490 e. The maximum atomic E-state index is 11.1. The fourth-order valence-electron chi connectivity index (χ4n) is 10.2. The fraction of sp³-hybridized carbons (Fsp3) is 0.520. The number of ether oxygens (including phenoxy) is 5. The van der Waals surface area contributed by atoms with Crippen LogP contribution in [-0.4, -0.2) is 116 Å². The van der Waals surface area contributed by atoms with Crippen LogP contribution in [0.25, 0.3) is 0 Å². The molecule has 4 aromatic carbocycles. The SMILES string of the molecule is OCC1OC(c2ccc(Cl)c(Cc3ccc(OC4CC5C(C4)C5OCC4OC(c5ccc(Cl)c(Cc6ccc(OC7CCCCC7)cc6)c5)C(O)C(O)C4O)cc3)c2)C(O)C(O)C1O. The largest absolute Gasteiger partial charge is 0.490 e. The van der Waals surface area contributed by atoms with Crippen molar-refractivity contribution in [1.29, 1.82) is 0 Å². The Labute approximate surface area is 383 Å². The second-order valence-corrected chi connectivity index (χ2v) is 19.2. The van der Waals surface area contributed by atoms with Crippen LogP contribution in [0.2, 0.25) is 10.0 Å². The van der Waals surface area contributed by atoms with Crippen molar-refractivity contribution >= 4 is 23.2 Å². The minimum absolute atomic E-state index is 0.00875. The lowest BCUT2D eigenvalue weighted by Gasteiger charge is -2.41. The molecule has 3 saturated carbocycles. The summed E-state index contributed by atoms with van der Waals surface area (Å²) in [6.45, 7) is -0.439. The van der Waals surface area contributed by atoms with E-state index in [2.05, 4.69) is 0 Å². The summed E-state index contributed by atoms with van der Waals surface area (Å²) in [6, 6.07) is 26.5. The molecule has 0 amide bonds. The van der Waals surface area contributed by atoms with E-state index in [1.807, 2.05) is 54.6 Å². The van der Waals surface area contributed by atoms with E-state index in [1.165, 1.54) is 19.3 Å². The Hall–Kier alpha value is -3.34. The van der Waals surface area contributed by atoms with Gasteiger partial charge in [-0.15, -0.1) is 0 Å². The Kier molecular flexibility index (Phi) is 14.2. The molecule has 64 heavy (non-hydrogen) atoms. The number of hydrogen-bond donors (Lipinski definition) is 7. The zero-order valence-electron chi connectivity index (χ0n) is 35.4. The van der Waals surface area contributed by atoms with Crippen molar-refractivity contribution in [3.05, 3.63) is 128 Å². The highest BCUT2D eigenvalue weighted by Gasteiger charge is 2.58. The van der Waals surface area contributed by atoms with E-state index in [-0.39, 0.29) is 24.9 Å². The number of aliphatic hydroxyl groups is 7. The Morgan fingerprint density at radius 1 is 0.531 bits per heavy atom. The minimum atomic E-state index is -1.47. The predicted octanol–water partition coefficient (Wildman–Crippen LogP) is 5.80. The lowest BCUT2D eigenvalue weighted by molar-refractivity contribution is -0.236. The molecule has 5 aliphatic rings. The van der Waals surface area contributed by atoms with Crippen LogP contribution >= 0.6 is 23.2 Å². The highest BCUT2D eigenvalue weighted by Crippen LogP contribution is 2.55. The quantitative estimate of drug-likeness (QED) is 0.0808. The van der Waals surface area contributed by atoms with E-state index in [0.717, 1.165) is 59.4 Å². The van der Waals surface area contributed by atoms with Gasteiger partial charge in [0.15, 0.2) is 0 Å². The summed E-state index contributed by atoms with van der Waals surface area (Å²) in [5, 5.41) is 74.8. The van der Waals surface area contributed by atoms with Gasteiger partial charge in [-0.1, -0.05) is 78.2 Å².